The molecule has 0 amide bonds. The van der Waals surface area contributed by atoms with Gasteiger partial charge in [-0.05, 0) is 29.1 Å². The first-order valence-electron chi connectivity index (χ1n) is 5.12. The van der Waals surface area contributed by atoms with Gasteiger partial charge in [0, 0.05) is 0 Å². The van der Waals surface area contributed by atoms with E-state index in [-0.39, 0.29) is 10.6 Å². The van der Waals surface area contributed by atoms with Crippen molar-refractivity contribution in [3.8, 4) is 0 Å². The minimum Gasteiger partial charge on any atom is -0.477 e. The third kappa shape index (κ3) is 3.17. The Hall–Kier alpha value is -0.880. The number of benzene rings is 1. The van der Waals surface area contributed by atoms with E-state index in [1.165, 1.54) is 0 Å². The summed E-state index contributed by atoms with van der Waals surface area (Å²) in [7, 11) is -1.48. The van der Waals surface area contributed by atoms with Gasteiger partial charge in [-0.25, -0.2) is 4.79 Å². The Kier molecular flexibility index (Phi) is 4.62. The Morgan fingerprint density at radius 3 is 2.47 bits per heavy atom. The van der Waals surface area contributed by atoms with Crippen LogP contribution in [-0.4, -0.2) is 15.3 Å². The van der Waals surface area contributed by atoms with Crippen LogP contribution in [0.5, 0.6) is 0 Å². The van der Waals surface area contributed by atoms with Crippen molar-refractivity contribution in [2.24, 2.45) is 0 Å². The third-order valence-electron chi connectivity index (χ3n) is 2.37. The second-order valence-electron chi connectivity index (χ2n) is 3.62. The van der Waals surface area contributed by atoms with Crippen LogP contribution in [-0.2, 0) is 16.6 Å². The quantitative estimate of drug-likeness (QED) is 0.917. The fourth-order valence-corrected chi connectivity index (χ4v) is 4.55. The average Bonchev–Trinajstić information content (AvgIpc) is 2.76. The molecule has 100 valence electrons. The van der Waals surface area contributed by atoms with Gasteiger partial charge in [0.1, 0.15) is 4.88 Å². The van der Waals surface area contributed by atoms with Crippen molar-refractivity contribution in [2.45, 2.75) is 10.6 Å². The monoisotopic (exact) mass is 334 g/mol. The van der Waals surface area contributed by atoms with Crippen molar-refractivity contribution in [3.05, 3.63) is 50.1 Å². The van der Waals surface area contributed by atoms with Crippen LogP contribution in [0.1, 0.15) is 15.2 Å². The maximum Gasteiger partial charge on any atom is 0.346 e. The maximum absolute atomic E-state index is 12.3. The molecule has 1 aromatic heterocycles. The largest absolute Gasteiger partial charge is 0.477 e. The predicted octanol–water partition coefficient (Wildman–Crippen LogP) is 4.06. The van der Waals surface area contributed by atoms with E-state index in [1.807, 2.05) is 0 Å². The normalized spacial score (nSPS) is 12.3. The summed E-state index contributed by atoms with van der Waals surface area (Å²) >= 11 is 13.1. The average molecular weight is 335 g/mol. The highest BCUT2D eigenvalue weighted by atomic mass is 35.5. The minimum absolute atomic E-state index is 0.0780. The number of halogens is 2. The summed E-state index contributed by atoms with van der Waals surface area (Å²) in [6, 6.07) is 6.52. The van der Waals surface area contributed by atoms with Crippen LogP contribution in [0.2, 0.25) is 10.0 Å². The molecule has 1 unspecified atom stereocenters. The molecule has 0 bridgehead atoms. The number of carbonyl (C=O) groups is 1. The first kappa shape index (κ1) is 14.5. The zero-order valence-electron chi connectivity index (χ0n) is 9.43. The molecule has 1 aromatic carbocycles. The molecule has 1 atom stereocenters. The maximum atomic E-state index is 12.3. The lowest BCUT2D eigenvalue weighted by atomic mass is 10.3. The Morgan fingerprint density at radius 2 is 1.89 bits per heavy atom. The van der Waals surface area contributed by atoms with Gasteiger partial charge in [0.2, 0.25) is 0 Å². The zero-order valence-corrected chi connectivity index (χ0v) is 12.6. The Balaban J connectivity index is 2.31. The molecule has 0 spiro atoms. The molecule has 1 heterocycles. The second kappa shape index (κ2) is 6.05. The van der Waals surface area contributed by atoms with Crippen molar-refractivity contribution in [1.29, 1.82) is 0 Å². The van der Waals surface area contributed by atoms with E-state index in [0.29, 0.717) is 20.5 Å². The number of aromatic carboxylic acids is 1. The summed E-state index contributed by atoms with van der Waals surface area (Å²) < 4.78 is 12.3. The van der Waals surface area contributed by atoms with Gasteiger partial charge in [0.25, 0.3) is 0 Å². The molecule has 0 radical (unpaired) electrons. The zero-order chi connectivity index (χ0) is 14.0. The van der Waals surface area contributed by atoms with E-state index >= 15 is 0 Å². The molecule has 0 saturated heterocycles. The Bertz CT molecular complexity index is 632. The lowest BCUT2D eigenvalue weighted by Gasteiger charge is -2.06. The lowest BCUT2D eigenvalue weighted by Crippen LogP contribution is -2.02. The molecule has 19 heavy (non-hydrogen) atoms. The molecule has 1 N–H and O–H groups in total. The van der Waals surface area contributed by atoms with E-state index < -0.39 is 16.8 Å². The molecule has 7 heteroatoms. The molecule has 3 nitrogen and oxygen atoms in total. The van der Waals surface area contributed by atoms with Gasteiger partial charge in [-0.1, -0.05) is 29.3 Å². The second-order valence-corrected chi connectivity index (χ2v) is 6.74. The summed E-state index contributed by atoms with van der Waals surface area (Å²) in [4.78, 5) is 11.5. The van der Waals surface area contributed by atoms with Crippen molar-refractivity contribution in [1.82, 2.24) is 0 Å². The van der Waals surface area contributed by atoms with Gasteiger partial charge >= 0.3 is 5.97 Å². The Morgan fingerprint density at radius 1 is 1.26 bits per heavy atom. The molecular weight excluding hydrogens is 327 g/mol. The SMILES string of the molecule is O=C(O)c1sccc1CS(=O)c1c(Cl)cccc1Cl. The molecule has 0 aliphatic heterocycles. The number of carboxylic acids is 1. The smallest absolute Gasteiger partial charge is 0.346 e. The van der Waals surface area contributed by atoms with Crippen LogP contribution >= 0.6 is 34.5 Å². The standard InChI is InChI=1S/C12H8Cl2O3S2/c13-8-2-1-3-9(14)11(8)19(17)6-7-4-5-18-10(7)12(15)16/h1-5H,6H2,(H,15,16). The number of hydrogen-bond acceptors (Lipinski definition) is 3. The first-order valence-corrected chi connectivity index (χ1v) is 8.08. The van der Waals surface area contributed by atoms with E-state index in [9.17, 15) is 9.00 Å². The third-order valence-corrected chi connectivity index (χ3v) is 5.64. The van der Waals surface area contributed by atoms with Crippen LogP contribution in [0.4, 0.5) is 0 Å². The van der Waals surface area contributed by atoms with Crippen molar-refractivity contribution in [2.75, 3.05) is 0 Å². The minimum atomic E-state index is -1.48. The summed E-state index contributed by atoms with van der Waals surface area (Å²) in [6.07, 6.45) is 0. The van der Waals surface area contributed by atoms with Crippen molar-refractivity contribution >= 4 is 51.3 Å². The number of thiophene rings is 1. The van der Waals surface area contributed by atoms with Gasteiger partial charge in [-0.15, -0.1) is 11.3 Å². The highest BCUT2D eigenvalue weighted by Gasteiger charge is 2.18. The van der Waals surface area contributed by atoms with E-state index in [4.69, 9.17) is 28.3 Å². The number of hydrogen-bond donors (Lipinski definition) is 1. The highest BCUT2D eigenvalue weighted by Crippen LogP contribution is 2.30. The van der Waals surface area contributed by atoms with E-state index in [0.717, 1.165) is 11.3 Å². The van der Waals surface area contributed by atoms with Crippen molar-refractivity contribution in [3.63, 3.8) is 0 Å². The molecule has 0 fully saturated rings. The fourth-order valence-electron chi connectivity index (χ4n) is 1.55. The summed E-state index contributed by atoms with van der Waals surface area (Å²) in [6.45, 7) is 0. The fraction of sp³-hybridized carbons (Fsp3) is 0.0833. The van der Waals surface area contributed by atoms with Crippen LogP contribution in [0.3, 0.4) is 0 Å². The van der Waals surface area contributed by atoms with Gasteiger partial charge in [0.15, 0.2) is 0 Å². The van der Waals surface area contributed by atoms with Gasteiger partial charge in [0.05, 0.1) is 31.5 Å². The predicted molar refractivity (Wildman–Crippen MR) is 77.9 cm³/mol. The highest BCUT2D eigenvalue weighted by molar-refractivity contribution is 7.84. The van der Waals surface area contributed by atoms with Crippen LogP contribution in [0, 0.1) is 0 Å². The van der Waals surface area contributed by atoms with Gasteiger partial charge in [-0.2, -0.15) is 0 Å². The van der Waals surface area contributed by atoms with Crippen molar-refractivity contribution < 1.29 is 14.1 Å². The van der Waals surface area contributed by atoms with E-state index in [1.54, 1.807) is 29.6 Å². The number of carboxylic acid groups (broad SMARTS) is 1. The van der Waals surface area contributed by atoms with Crippen LogP contribution in [0.15, 0.2) is 34.5 Å². The van der Waals surface area contributed by atoms with Gasteiger partial charge in [-0.3, -0.25) is 4.21 Å². The van der Waals surface area contributed by atoms with E-state index in [2.05, 4.69) is 0 Å². The summed E-state index contributed by atoms with van der Waals surface area (Å²) in [5.41, 5.74) is 0.520. The summed E-state index contributed by atoms with van der Waals surface area (Å²) in [5.74, 6) is -0.943. The molecular formula is C12H8Cl2O3S2. The van der Waals surface area contributed by atoms with Crippen LogP contribution < -0.4 is 0 Å². The lowest BCUT2D eigenvalue weighted by molar-refractivity contribution is 0.0701. The topological polar surface area (TPSA) is 54.4 Å². The molecule has 0 aliphatic rings. The molecule has 2 aromatic rings. The Labute approximate surface area is 126 Å². The van der Waals surface area contributed by atoms with Crippen LogP contribution in [0.25, 0.3) is 0 Å². The molecule has 0 saturated carbocycles. The van der Waals surface area contributed by atoms with Gasteiger partial charge < -0.3 is 5.11 Å². The first-order chi connectivity index (χ1) is 9.00. The number of rotatable bonds is 4. The summed E-state index contributed by atoms with van der Waals surface area (Å²) in [5, 5.41) is 11.3. The molecule has 0 aliphatic carbocycles. The molecule has 2 rings (SSSR count).